The van der Waals surface area contributed by atoms with E-state index in [1.807, 2.05) is 26.8 Å². The number of halogens is 1. The molecule has 0 saturated heterocycles. The Kier molecular flexibility index (Phi) is 6.58. The zero-order valence-corrected chi connectivity index (χ0v) is 16.0. The van der Waals surface area contributed by atoms with E-state index in [0.29, 0.717) is 29.1 Å². The van der Waals surface area contributed by atoms with Crippen LogP contribution in [0.2, 0.25) is 0 Å². The molecule has 0 saturated carbocycles. The molecule has 0 aliphatic rings. The van der Waals surface area contributed by atoms with Crippen LogP contribution in [0.15, 0.2) is 46.9 Å². The number of amides is 2. The van der Waals surface area contributed by atoms with Gasteiger partial charge in [0.15, 0.2) is 0 Å². The maximum absolute atomic E-state index is 12.7. The van der Waals surface area contributed by atoms with Gasteiger partial charge in [0.25, 0.3) is 11.8 Å². The molecule has 0 unspecified atom stereocenters. The van der Waals surface area contributed by atoms with Gasteiger partial charge in [0.1, 0.15) is 5.75 Å². The lowest BCUT2D eigenvalue weighted by Gasteiger charge is -2.15. The van der Waals surface area contributed by atoms with Gasteiger partial charge < -0.3 is 15.4 Å². The Morgan fingerprint density at radius 2 is 1.88 bits per heavy atom. The van der Waals surface area contributed by atoms with Crippen molar-refractivity contribution >= 4 is 33.4 Å². The van der Waals surface area contributed by atoms with E-state index < -0.39 is 0 Å². The molecule has 0 spiro atoms. The largest absolute Gasteiger partial charge is 0.490 e. The highest BCUT2D eigenvalue weighted by Crippen LogP contribution is 2.25. The van der Waals surface area contributed by atoms with Crippen LogP contribution in [0, 0.1) is 0 Å². The lowest BCUT2D eigenvalue weighted by atomic mass is 10.1. The molecule has 2 N–H and O–H groups in total. The van der Waals surface area contributed by atoms with Crippen LogP contribution in [0.1, 0.15) is 41.5 Å². The summed E-state index contributed by atoms with van der Waals surface area (Å²) in [5, 5.41) is 5.55. The molecule has 0 aliphatic heterocycles. The molecular weight excluding hydrogens is 384 g/mol. The fraction of sp³-hybridized carbons (Fsp3) is 0.263. The van der Waals surface area contributed by atoms with Gasteiger partial charge in [0.05, 0.1) is 11.7 Å². The minimum absolute atomic E-state index is 0.0474. The number of benzene rings is 2. The van der Waals surface area contributed by atoms with Gasteiger partial charge in [-0.1, -0.05) is 22.0 Å². The van der Waals surface area contributed by atoms with Crippen molar-refractivity contribution in [1.29, 1.82) is 0 Å². The van der Waals surface area contributed by atoms with Crippen LogP contribution in [0.5, 0.6) is 5.75 Å². The number of anilines is 1. The molecule has 0 aromatic heterocycles. The van der Waals surface area contributed by atoms with Crippen molar-refractivity contribution in [1.82, 2.24) is 5.32 Å². The minimum atomic E-state index is -0.301. The van der Waals surface area contributed by atoms with E-state index in [-0.39, 0.29) is 17.9 Å². The third-order valence-corrected chi connectivity index (χ3v) is 3.76. The molecule has 2 amide bonds. The van der Waals surface area contributed by atoms with Crippen LogP contribution in [0.25, 0.3) is 0 Å². The molecule has 0 aliphatic carbocycles. The van der Waals surface area contributed by atoms with Gasteiger partial charge in [-0.3, -0.25) is 9.59 Å². The number of nitrogens with one attached hydrogen (secondary N) is 2. The van der Waals surface area contributed by atoms with Gasteiger partial charge in [-0.15, -0.1) is 0 Å². The Hall–Kier alpha value is -2.34. The first-order valence-corrected chi connectivity index (χ1v) is 8.85. The first-order valence-electron chi connectivity index (χ1n) is 8.06. The van der Waals surface area contributed by atoms with Crippen molar-refractivity contribution in [2.45, 2.75) is 26.9 Å². The normalized spacial score (nSPS) is 10.4. The molecule has 0 fully saturated rings. The molecule has 0 heterocycles. The van der Waals surface area contributed by atoms with Crippen molar-refractivity contribution in [2.24, 2.45) is 0 Å². The van der Waals surface area contributed by atoms with E-state index >= 15 is 0 Å². The molecule has 132 valence electrons. The Labute approximate surface area is 155 Å². The standard InChI is InChI=1S/C19H21BrN2O3/c1-4-21-18(23)13-6-5-7-15(10-13)22-19(24)16-11-14(20)8-9-17(16)25-12(2)3/h5-12H,4H2,1-3H3,(H,21,23)(H,22,24). The van der Waals surface area contributed by atoms with Crippen molar-refractivity contribution in [3.8, 4) is 5.75 Å². The average Bonchev–Trinajstić information content (AvgIpc) is 2.56. The lowest BCUT2D eigenvalue weighted by Crippen LogP contribution is -2.23. The number of ether oxygens (including phenoxy) is 1. The van der Waals surface area contributed by atoms with Crippen molar-refractivity contribution in [2.75, 3.05) is 11.9 Å². The lowest BCUT2D eigenvalue weighted by molar-refractivity contribution is 0.0954. The van der Waals surface area contributed by atoms with Crippen molar-refractivity contribution in [3.63, 3.8) is 0 Å². The van der Waals surface area contributed by atoms with Crippen LogP contribution in [-0.4, -0.2) is 24.5 Å². The van der Waals surface area contributed by atoms with E-state index in [9.17, 15) is 9.59 Å². The summed E-state index contributed by atoms with van der Waals surface area (Å²) in [7, 11) is 0. The summed E-state index contributed by atoms with van der Waals surface area (Å²) in [5.41, 5.74) is 1.46. The summed E-state index contributed by atoms with van der Waals surface area (Å²) < 4.78 is 6.49. The smallest absolute Gasteiger partial charge is 0.259 e. The predicted octanol–water partition coefficient (Wildman–Crippen LogP) is 4.24. The Bertz CT molecular complexity index is 775. The van der Waals surface area contributed by atoms with Gasteiger partial charge in [-0.25, -0.2) is 0 Å². The highest BCUT2D eigenvalue weighted by molar-refractivity contribution is 9.10. The first kappa shape index (κ1) is 19.0. The maximum Gasteiger partial charge on any atom is 0.259 e. The molecule has 6 heteroatoms. The molecular formula is C19H21BrN2O3. The summed E-state index contributed by atoms with van der Waals surface area (Å²) in [6.45, 7) is 6.20. The summed E-state index contributed by atoms with van der Waals surface area (Å²) >= 11 is 3.38. The monoisotopic (exact) mass is 404 g/mol. The van der Waals surface area contributed by atoms with Gasteiger partial charge in [0.2, 0.25) is 0 Å². The minimum Gasteiger partial charge on any atom is -0.490 e. The van der Waals surface area contributed by atoms with Crippen LogP contribution < -0.4 is 15.4 Å². The number of hydrogen-bond donors (Lipinski definition) is 2. The molecule has 25 heavy (non-hydrogen) atoms. The second-order valence-electron chi connectivity index (χ2n) is 5.70. The third-order valence-electron chi connectivity index (χ3n) is 3.27. The third kappa shape index (κ3) is 5.32. The zero-order valence-electron chi connectivity index (χ0n) is 14.4. The molecule has 0 radical (unpaired) electrons. The number of rotatable bonds is 6. The summed E-state index contributed by atoms with van der Waals surface area (Å²) in [4.78, 5) is 24.6. The van der Waals surface area contributed by atoms with E-state index in [4.69, 9.17) is 4.74 Å². The Morgan fingerprint density at radius 3 is 2.56 bits per heavy atom. The average molecular weight is 405 g/mol. The van der Waals surface area contributed by atoms with E-state index in [2.05, 4.69) is 26.6 Å². The SMILES string of the molecule is CCNC(=O)c1cccc(NC(=O)c2cc(Br)ccc2OC(C)C)c1. The van der Waals surface area contributed by atoms with Gasteiger partial charge in [-0.05, 0) is 57.2 Å². The number of carbonyl (C=O) groups excluding carboxylic acids is 2. The fourth-order valence-corrected chi connectivity index (χ4v) is 2.60. The molecule has 0 atom stereocenters. The molecule has 0 bridgehead atoms. The maximum atomic E-state index is 12.7. The summed E-state index contributed by atoms with van der Waals surface area (Å²) in [6.07, 6.45) is -0.0474. The molecule has 2 aromatic rings. The summed E-state index contributed by atoms with van der Waals surface area (Å²) in [5.74, 6) is 0.0328. The predicted molar refractivity (Wildman–Crippen MR) is 102 cm³/mol. The Morgan fingerprint density at radius 1 is 1.12 bits per heavy atom. The summed E-state index contributed by atoms with van der Waals surface area (Å²) in [6, 6.07) is 12.1. The molecule has 2 rings (SSSR count). The second kappa shape index (κ2) is 8.67. The highest BCUT2D eigenvalue weighted by atomic mass is 79.9. The van der Waals surface area contributed by atoms with Crippen molar-refractivity contribution < 1.29 is 14.3 Å². The van der Waals surface area contributed by atoms with E-state index in [1.54, 1.807) is 36.4 Å². The van der Waals surface area contributed by atoms with E-state index in [1.165, 1.54) is 0 Å². The van der Waals surface area contributed by atoms with Crippen molar-refractivity contribution in [3.05, 3.63) is 58.1 Å². The highest BCUT2D eigenvalue weighted by Gasteiger charge is 2.15. The van der Waals surface area contributed by atoms with Crippen LogP contribution in [0.4, 0.5) is 5.69 Å². The Balaban J connectivity index is 2.24. The zero-order chi connectivity index (χ0) is 18.4. The van der Waals surface area contributed by atoms with Gasteiger partial charge in [-0.2, -0.15) is 0 Å². The van der Waals surface area contributed by atoms with Crippen LogP contribution >= 0.6 is 15.9 Å². The molecule has 2 aromatic carbocycles. The van der Waals surface area contributed by atoms with E-state index in [0.717, 1.165) is 4.47 Å². The molecule has 5 nitrogen and oxygen atoms in total. The van der Waals surface area contributed by atoms with Gasteiger partial charge in [0, 0.05) is 22.3 Å². The topological polar surface area (TPSA) is 67.4 Å². The van der Waals surface area contributed by atoms with Crippen LogP contribution in [-0.2, 0) is 0 Å². The van der Waals surface area contributed by atoms with Crippen LogP contribution in [0.3, 0.4) is 0 Å². The number of carbonyl (C=O) groups is 2. The fourth-order valence-electron chi connectivity index (χ4n) is 2.24. The first-order chi connectivity index (χ1) is 11.9. The quantitative estimate of drug-likeness (QED) is 0.756. The van der Waals surface area contributed by atoms with Gasteiger partial charge >= 0.3 is 0 Å². The number of hydrogen-bond acceptors (Lipinski definition) is 3. The second-order valence-corrected chi connectivity index (χ2v) is 6.62.